The van der Waals surface area contributed by atoms with Crippen LogP contribution in [0.15, 0.2) is 24.4 Å². The largest absolute Gasteiger partial charge is 0.399 e. The molecule has 1 aliphatic rings. The molecule has 20 heavy (non-hydrogen) atoms. The lowest BCUT2D eigenvalue weighted by Gasteiger charge is -2.32. The Morgan fingerprint density at radius 2 is 2.35 bits per heavy atom. The molecule has 2 aromatic rings. The molecule has 0 aliphatic carbocycles. The molecule has 0 saturated carbocycles. The van der Waals surface area contributed by atoms with E-state index in [2.05, 4.69) is 11.9 Å². The predicted molar refractivity (Wildman–Crippen MR) is 81.6 cm³/mol. The Labute approximate surface area is 118 Å². The summed E-state index contributed by atoms with van der Waals surface area (Å²) in [6.45, 7) is 3.96. The number of nitrogens with one attached hydrogen (secondary N) is 1. The quantitative estimate of drug-likeness (QED) is 0.825. The predicted octanol–water partition coefficient (Wildman–Crippen LogP) is 3.01. The van der Waals surface area contributed by atoms with Gasteiger partial charge in [-0.05, 0) is 37.0 Å². The van der Waals surface area contributed by atoms with Crippen LogP contribution in [0.1, 0.15) is 36.5 Å². The van der Waals surface area contributed by atoms with Crippen LogP contribution in [0.3, 0.4) is 0 Å². The van der Waals surface area contributed by atoms with Crippen LogP contribution < -0.4 is 5.73 Å². The van der Waals surface area contributed by atoms with E-state index in [9.17, 15) is 4.79 Å². The summed E-state index contributed by atoms with van der Waals surface area (Å²) in [7, 11) is 0. The number of carbonyl (C=O) groups is 1. The van der Waals surface area contributed by atoms with E-state index in [4.69, 9.17) is 5.73 Å². The Morgan fingerprint density at radius 1 is 1.50 bits per heavy atom. The summed E-state index contributed by atoms with van der Waals surface area (Å²) in [5, 5.41) is 0.961. The molecule has 3 rings (SSSR count). The fourth-order valence-electron chi connectivity index (χ4n) is 3.07. The molecule has 3 N–H and O–H groups in total. The van der Waals surface area contributed by atoms with Gasteiger partial charge in [-0.2, -0.15) is 0 Å². The van der Waals surface area contributed by atoms with Gasteiger partial charge in [0.25, 0.3) is 5.91 Å². The lowest BCUT2D eigenvalue weighted by Crippen LogP contribution is -2.39. The SMILES string of the molecule is CCC1CCCN(C(=O)c2c[nH]c3cc(N)ccc23)C1. The van der Waals surface area contributed by atoms with Crippen molar-refractivity contribution in [3.8, 4) is 0 Å². The number of benzene rings is 1. The van der Waals surface area contributed by atoms with Gasteiger partial charge in [-0.1, -0.05) is 13.3 Å². The first-order valence-corrected chi connectivity index (χ1v) is 7.35. The van der Waals surface area contributed by atoms with E-state index in [0.29, 0.717) is 11.6 Å². The number of nitrogens with zero attached hydrogens (tertiary/aromatic N) is 1. The first kappa shape index (κ1) is 13.0. The zero-order valence-corrected chi connectivity index (χ0v) is 11.9. The molecule has 1 aliphatic heterocycles. The third-order valence-corrected chi connectivity index (χ3v) is 4.32. The van der Waals surface area contributed by atoms with Gasteiger partial charge in [-0.25, -0.2) is 0 Å². The summed E-state index contributed by atoms with van der Waals surface area (Å²) < 4.78 is 0. The van der Waals surface area contributed by atoms with Gasteiger partial charge >= 0.3 is 0 Å². The van der Waals surface area contributed by atoms with Crippen LogP contribution in [-0.4, -0.2) is 28.9 Å². The van der Waals surface area contributed by atoms with E-state index < -0.39 is 0 Å². The molecule has 0 radical (unpaired) electrons. The molecule has 1 unspecified atom stereocenters. The third kappa shape index (κ3) is 2.26. The van der Waals surface area contributed by atoms with E-state index in [1.807, 2.05) is 29.3 Å². The number of aromatic amines is 1. The maximum absolute atomic E-state index is 12.7. The number of hydrogen-bond acceptors (Lipinski definition) is 2. The Kier molecular flexibility index (Phi) is 3.38. The molecular formula is C16H21N3O. The average molecular weight is 271 g/mol. The second kappa shape index (κ2) is 5.19. The summed E-state index contributed by atoms with van der Waals surface area (Å²) in [6, 6.07) is 5.64. The number of nitrogen functional groups attached to an aromatic ring is 1. The van der Waals surface area contributed by atoms with Crippen molar-refractivity contribution in [2.24, 2.45) is 5.92 Å². The van der Waals surface area contributed by atoms with Crippen LogP contribution >= 0.6 is 0 Å². The molecule has 4 heteroatoms. The van der Waals surface area contributed by atoms with E-state index in [1.165, 1.54) is 6.42 Å². The Balaban J connectivity index is 1.88. The van der Waals surface area contributed by atoms with Gasteiger partial charge in [0.2, 0.25) is 0 Å². The van der Waals surface area contributed by atoms with E-state index in [1.54, 1.807) is 0 Å². The molecule has 0 spiro atoms. The molecule has 1 aromatic carbocycles. The summed E-state index contributed by atoms with van der Waals surface area (Å²) in [6.07, 6.45) is 5.31. The van der Waals surface area contributed by atoms with E-state index >= 15 is 0 Å². The van der Waals surface area contributed by atoms with Gasteiger partial charge in [-0.15, -0.1) is 0 Å². The van der Waals surface area contributed by atoms with Crippen molar-refractivity contribution in [1.82, 2.24) is 9.88 Å². The van der Waals surface area contributed by atoms with Crippen LogP contribution in [0.5, 0.6) is 0 Å². The topological polar surface area (TPSA) is 62.1 Å². The lowest BCUT2D eigenvalue weighted by molar-refractivity contribution is 0.0673. The van der Waals surface area contributed by atoms with Gasteiger partial charge < -0.3 is 15.6 Å². The highest BCUT2D eigenvalue weighted by Crippen LogP contribution is 2.25. The maximum atomic E-state index is 12.7. The van der Waals surface area contributed by atoms with Gasteiger partial charge in [0.05, 0.1) is 5.56 Å². The number of nitrogens with two attached hydrogens (primary N) is 1. The molecule has 1 aromatic heterocycles. The average Bonchev–Trinajstić information content (AvgIpc) is 2.89. The van der Waals surface area contributed by atoms with Crippen molar-refractivity contribution >= 4 is 22.5 Å². The zero-order valence-electron chi connectivity index (χ0n) is 11.9. The van der Waals surface area contributed by atoms with Crippen molar-refractivity contribution < 1.29 is 4.79 Å². The molecule has 0 bridgehead atoms. The summed E-state index contributed by atoms with van der Waals surface area (Å²) in [5.74, 6) is 0.785. The minimum atomic E-state index is 0.138. The summed E-state index contributed by atoms with van der Waals surface area (Å²) in [4.78, 5) is 17.8. The molecule has 4 nitrogen and oxygen atoms in total. The molecule has 2 heterocycles. The Hall–Kier alpha value is -1.97. The molecule has 1 atom stereocenters. The highest BCUT2D eigenvalue weighted by molar-refractivity contribution is 6.07. The monoisotopic (exact) mass is 271 g/mol. The van der Waals surface area contributed by atoms with Gasteiger partial charge in [0, 0.05) is 35.9 Å². The molecule has 1 saturated heterocycles. The van der Waals surface area contributed by atoms with Crippen LogP contribution in [0.2, 0.25) is 0 Å². The number of H-pyrrole nitrogens is 1. The van der Waals surface area contributed by atoms with Crippen molar-refractivity contribution in [1.29, 1.82) is 0 Å². The van der Waals surface area contributed by atoms with Gasteiger partial charge in [0.15, 0.2) is 0 Å². The highest BCUT2D eigenvalue weighted by atomic mass is 16.2. The summed E-state index contributed by atoms with van der Waals surface area (Å²) in [5.41, 5.74) is 8.17. The van der Waals surface area contributed by atoms with Crippen molar-refractivity contribution in [3.05, 3.63) is 30.0 Å². The maximum Gasteiger partial charge on any atom is 0.256 e. The fraction of sp³-hybridized carbons (Fsp3) is 0.438. The van der Waals surface area contributed by atoms with Crippen LogP contribution in [0.4, 0.5) is 5.69 Å². The fourth-order valence-corrected chi connectivity index (χ4v) is 3.07. The number of likely N-dealkylation sites (tertiary alicyclic amines) is 1. The van der Waals surface area contributed by atoms with Crippen molar-refractivity contribution in [2.45, 2.75) is 26.2 Å². The minimum absolute atomic E-state index is 0.138. The van der Waals surface area contributed by atoms with Gasteiger partial charge in [0.1, 0.15) is 0 Å². The standard InChI is InChI=1S/C16H21N3O/c1-2-11-4-3-7-19(10-11)16(20)14-9-18-15-8-12(17)5-6-13(14)15/h5-6,8-9,11,18H,2-4,7,10,17H2,1H3. The van der Waals surface area contributed by atoms with Crippen molar-refractivity contribution in [2.75, 3.05) is 18.8 Å². The first-order chi connectivity index (χ1) is 9.69. The molecular weight excluding hydrogens is 250 g/mol. The number of piperidine rings is 1. The number of amides is 1. The van der Waals surface area contributed by atoms with Crippen LogP contribution in [0, 0.1) is 5.92 Å². The Bertz CT molecular complexity index is 632. The molecule has 1 amide bonds. The van der Waals surface area contributed by atoms with Crippen LogP contribution in [-0.2, 0) is 0 Å². The van der Waals surface area contributed by atoms with E-state index in [0.717, 1.165) is 42.4 Å². The van der Waals surface area contributed by atoms with E-state index in [-0.39, 0.29) is 5.91 Å². The highest BCUT2D eigenvalue weighted by Gasteiger charge is 2.25. The van der Waals surface area contributed by atoms with Crippen molar-refractivity contribution in [3.63, 3.8) is 0 Å². The number of carbonyl (C=O) groups excluding carboxylic acids is 1. The Morgan fingerprint density at radius 3 is 3.15 bits per heavy atom. The number of fused-ring (bicyclic) bond motifs is 1. The number of anilines is 1. The smallest absolute Gasteiger partial charge is 0.256 e. The normalized spacial score (nSPS) is 19.4. The molecule has 1 fully saturated rings. The second-order valence-electron chi connectivity index (χ2n) is 5.68. The molecule has 106 valence electrons. The minimum Gasteiger partial charge on any atom is -0.399 e. The van der Waals surface area contributed by atoms with Crippen LogP contribution in [0.25, 0.3) is 10.9 Å². The second-order valence-corrected chi connectivity index (χ2v) is 5.68. The number of rotatable bonds is 2. The number of hydrogen-bond donors (Lipinski definition) is 2. The first-order valence-electron chi connectivity index (χ1n) is 7.35. The zero-order chi connectivity index (χ0) is 14.1. The third-order valence-electron chi connectivity index (χ3n) is 4.32. The number of aromatic nitrogens is 1. The summed E-state index contributed by atoms with van der Waals surface area (Å²) >= 11 is 0. The van der Waals surface area contributed by atoms with Gasteiger partial charge in [-0.3, -0.25) is 4.79 Å². The lowest BCUT2D eigenvalue weighted by atomic mass is 9.95.